The molecule has 0 aliphatic rings. The van der Waals surface area contributed by atoms with Crippen molar-refractivity contribution < 1.29 is 9.53 Å². The Labute approximate surface area is 147 Å². The molecule has 0 saturated heterocycles. The van der Waals surface area contributed by atoms with Crippen molar-refractivity contribution in [3.8, 4) is 5.75 Å². The lowest BCUT2D eigenvalue weighted by Gasteiger charge is -2.12. The van der Waals surface area contributed by atoms with Crippen molar-refractivity contribution in [1.82, 2.24) is 15.6 Å². The van der Waals surface area contributed by atoms with Gasteiger partial charge >= 0.3 is 0 Å². The van der Waals surface area contributed by atoms with Gasteiger partial charge in [0.1, 0.15) is 5.75 Å². The Morgan fingerprint density at radius 1 is 1.20 bits per heavy atom. The Balaban J connectivity index is 1.72. The van der Waals surface area contributed by atoms with Gasteiger partial charge in [-0.15, -0.1) is 0 Å². The summed E-state index contributed by atoms with van der Waals surface area (Å²) in [6.07, 6.45) is 2.60. The zero-order valence-corrected chi connectivity index (χ0v) is 14.2. The summed E-state index contributed by atoms with van der Waals surface area (Å²) in [5.74, 6) is 0.869. The van der Waals surface area contributed by atoms with Gasteiger partial charge in [-0.1, -0.05) is 18.2 Å². The number of benzene rings is 1. The van der Waals surface area contributed by atoms with E-state index in [0.717, 1.165) is 30.2 Å². The highest BCUT2D eigenvalue weighted by Crippen LogP contribution is 2.12. The van der Waals surface area contributed by atoms with Gasteiger partial charge in [0.25, 0.3) is 5.91 Å². The van der Waals surface area contributed by atoms with Gasteiger partial charge in [0.15, 0.2) is 12.6 Å². The fourth-order valence-electron chi connectivity index (χ4n) is 2.13. The minimum atomic E-state index is -0.488. The summed E-state index contributed by atoms with van der Waals surface area (Å²) in [5.41, 5.74) is 7.15. The van der Waals surface area contributed by atoms with Crippen molar-refractivity contribution in [2.75, 3.05) is 20.2 Å². The third-order valence-corrected chi connectivity index (χ3v) is 3.40. The van der Waals surface area contributed by atoms with Crippen LogP contribution in [-0.4, -0.2) is 37.1 Å². The normalized spacial score (nSPS) is 11.0. The maximum Gasteiger partial charge on any atom is 0.255 e. The number of ether oxygens (including phenoxy) is 1. The van der Waals surface area contributed by atoms with E-state index in [0.29, 0.717) is 12.3 Å². The molecule has 0 aliphatic carbocycles. The van der Waals surface area contributed by atoms with Crippen molar-refractivity contribution >= 4 is 11.9 Å². The monoisotopic (exact) mass is 341 g/mol. The van der Waals surface area contributed by atoms with Crippen LogP contribution in [-0.2, 0) is 17.8 Å². The molecule has 1 aromatic heterocycles. The number of aromatic nitrogens is 1. The second-order valence-corrected chi connectivity index (χ2v) is 5.32. The van der Waals surface area contributed by atoms with E-state index < -0.39 is 5.91 Å². The lowest BCUT2D eigenvalue weighted by molar-refractivity contribution is -0.119. The van der Waals surface area contributed by atoms with Crippen LogP contribution in [0.1, 0.15) is 11.3 Å². The quantitative estimate of drug-likeness (QED) is 0.488. The standard InChI is InChI=1S/C18H23N5O2/c1-20-18(23-12-15-4-2-3-10-21-15)22-11-9-14-5-7-16(8-6-14)25-13-17(19)24/h2-8,10H,9,11-13H2,1H3,(H2,19,24)(H2,20,22,23). The van der Waals surface area contributed by atoms with Crippen LogP contribution in [0.3, 0.4) is 0 Å². The van der Waals surface area contributed by atoms with E-state index in [1.54, 1.807) is 13.2 Å². The Morgan fingerprint density at radius 3 is 2.64 bits per heavy atom. The average Bonchev–Trinajstić information content (AvgIpc) is 2.64. The molecule has 25 heavy (non-hydrogen) atoms. The number of nitrogens with two attached hydrogens (primary N) is 1. The number of rotatable bonds is 8. The van der Waals surface area contributed by atoms with Crippen molar-refractivity contribution in [2.24, 2.45) is 10.7 Å². The van der Waals surface area contributed by atoms with Gasteiger partial charge < -0.3 is 21.1 Å². The minimum Gasteiger partial charge on any atom is -0.484 e. The van der Waals surface area contributed by atoms with Gasteiger partial charge in [-0.05, 0) is 36.2 Å². The van der Waals surface area contributed by atoms with Crippen LogP contribution >= 0.6 is 0 Å². The molecule has 1 heterocycles. The number of carbonyl (C=O) groups is 1. The van der Waals surface area contributed by atoms with E-state index in [2.05, 4.69) is 20.6 Å². The maximum absolute atomic E-state index is 10.7. The van der Waals surface area contributed by atoms with Crippen LogP contribution in [0.4, 0.5) is 0 Å². The van der Waals surface area contributed by atoms with Gasteiger partial charge in [-0.3, -0.25) is 14.8 Å². The zero-order chi connectivity index (χ0) is 17.9. The smallest absolute Gasteiger partial charge is 0.255 e. The summed E-state index contributed by atoms with van der Waals surface area (Å²) in [5, 5.41) is 6.48. The molecule has 0 atom stereocenters. The fraction of sp³-hybridized carbons (Fsp3) is 0.278. The van der Waals surface area contributed by atoms with Crippen LogP contribution in [0.2, 0.25) is 0 Å². The maximum atomic E-state index is 10.7. The van der Waals surface area contributed by atoms with Crippen LogP contribution in [0.15, 0.2) is 53.7 Å². The predicted molar refractivity (Wildman–Crippen MR) is 97.3 cm³/mol. The topological polar surface area (TPSA) is 102 Å². The number of nitrogens with one attached hydrogen (secondary N) is 2. The first-order valence-electron chi connectivity index (χ1n) is 8.02. The SMILES string of the molecule is CN=C(NCCc1ccc(OCC(N)=O)cc1)NCc1ccccn1. The number of hydrogen-bond donors (Lipinski definition) is 3. The van der Waals surface area contributed by atoms with Crippen LogP contribution in [0, 0.1) is 0 Å². The molecule has 0 unspecified atom stereocenters. The highest BCUT2D eigenvalue weighted by molar-refractivity contribution is 5.79. The number of hydrogen-bond acceptors (Lipinski definition) is 4. The molecule has 1 aromatic carbocycles. The predicted octanol–water partition coefficient (Wildman–Crippen LogP) is 0.853. The zero-order valence-electron chi connectivity index (χ0n) is 14.2. The molecule has 7 heteroatoms. The van der Waals surface area contributed by atoms with Crippen LogP contribution in [0.5, 0.6) is 5.75 Å². The van der Waals surface area contributed by atoms with Crippen molar-refractivity contribution in [2.45, 2.75) is 13.0 Å². The second-order valence-electron chi connectivity index (χ2n) is 5.32. The molecule has 2 aromatic rings. The molecular formula is C18H23N5O2. The Hall–Kier alpha value is -3.09. The van der Waals surface area contributed by atoms with Gasteiger partial charge in [-0.2, -0.15) is 0 Å². The summed E-state index contributed by atoms with van der Waals surface area (Å²) in [6, 6.07) is 13.4. The molecule has 4 N–H and O–H groups in total. The Morgan fingerprint density at radius 2 is 2.00 bits per heavy atom. The molecule has 7 nitrogen and oxygen atoms in total. The largest absolute Gasteiger partial charge is 0.484 e. The lowest BCUT2D eigenvalue weighted by atomic mass is 10.1. The van der Waals surface area contributed by atoms with E-state index in [4.69, 9.17) is 10.5 Å². The highest BCUT2D eigenvalue weighted by atomic mass is 16.5. The Bertz CT molecular complexity index is 686. The Kier molecular flexibility index (Phi) is 7.24. The second kappa shape index (κ2) is 9.92. The number of aliphatic imine (C=N–C) groups is 1. The first-order valence-corrected chi connectivity index (χ1v) is 8.02. The highest BCUT2D eigenvalue weighted by Gasteiger charge is 2.01. The average molecular weight is 341 g/mol. The molecule has 0 fully saturated rings. The number of carbonyl (C=O) groups excluding carboxylic acids is 1. The summed E-state index contributed by atoms with van der Waals surface area (Å²) < 4.78 is 5.23. The third-order valence-electron chi connectivity index (χ3n) is 3.40. The van der Waals surface area contributed by atoms with Gasteiger partial charge in [-0.25, -0.2) is 0 Å². The number of nitrogens with zero attached hydrogens (tertiary/aromatic N) is 2. The summed E-state index contributed by atoms with van der Waals surface area (Å²) in [7, 11) is 1.73. The number of guanidine groups is 1. The van der Waals surface area contributed by atoms with Gasteiger partial charge in [0, 0.05) is 19.8 Å². The lowest BCUT2D eigenvalue weighted by Crippen LogP contribution is -2.38. The van der Waals surface area contributed by atoms with E-state index in [1.807, 2.05) is 42.5 Å². The molecule has 0 radical (unpaired) electrons. The summed E-state index contributed by atoms with van der Waals surface area (Å²) in [4.78, 5) is 19.1. The molecule has 0 bridgehead atoms. The summed E-state index contributed by atoms with van der Waals surface area (Å²) >= 11 is 0. The van der Waals surface area contributed by atoms with Crippen molar-refractivity contribution in [3.63, 3.8) is 0 Å². The molecule has 1 amide bonds. The first kappa shape index (κ1) is 18.3. The number of pyridine rings is 1. The molecule has 0 aliphatic heterocycles. The molecule has 2 rings (SSSR count). The fourth-order valence-corrected chi connectivity index (χ4v) is 2.13. The molecule has 0 saturated carbocycles. The first-order chi connectivity index (χ1) is 12.2. The third kappa shape index (κ3) is 6.90. The minimum absolute atomic E-state index is 0.112. The number of amides is 1. The van der Waals surface area contributed by atoms with Crippen molar-refractivity contribution in [3.05, 3.63) is 59.9 Å². The van der Waals surface area contributed by atoms with E-state index in [-0.39, 0.29) is 6.61 Å². The molecule has 132 valence electrons. The van der Waals surface area contributed by atoms with Gasteiger partial charge in [0.05, 0.1) is 12.2 Å². The number of primary amides is 1. The van der Waals surface area contributed by atoms with E-state index in [9.17, 15) is 4.79 Å². The van der Waals surface area contributed by atoms with Crippen LogP contribution < -0.4 is 21.1 Å². The van der Waals surface area contributed by atoms with Crippen LogP contribution in [0.25, 0.3) is 0 Å². The van der Waals surface area contributed by atoms with E-state index >= 15 is 0 Å². The van der Waals surface area contributed by atoms with E-state index in [1.165, 1.54) is 0 Å². The molecule has 0 spiro atoms. The molecular weight excluding hydrogens is 318 g/mol. The van der Waals surface area contributed by atoms with Crippen molar-refractivity contribution in [1.29, 1.82) is 0 Å². The summed E-state index contributed by atoms with van der Waals surface area (Å²) in [6.45, 7) is 1.25. The van der Waals surface area contributed by atoms with Gasteiger partial charge in [0.2, 0.25) is 0 Å².